The van der Waals surface area contributed by atoms with E-state index in [2.05, 4.69) is 39.0 Å². The molecule has 3 nitrogen and oxygen atoms in total. The van der Waals surface area contributed by atoms with Crippen molar-refractivity contribution in [3.63, 3.8) is 0 Å². The van der Waals surface area contributed by atoms with Crippen molar-refractivity contribution in [3.8, 4) is 11.4 Å². The second kappa shape index (κ2) is 5.11. The van der Waals surface area contributed by atoms with Crippen molar-refractivity contribution < 1.29 is 0 Å². The van der Waals surface area contributed by atoms with Crippen molar-refractivity contribution in [1.29, 1.82) is 0 Å². The summed E-state index contributed by atoms with van der Waals surface area (Å²) in [4.78, 5) is 18.1. The van der Waals surface area contributed by atoms with E-state index in [0.29, 0.717) is 11.3 Å². The van der Waals surface area contributed by atoms with E-state index in [1.807, 2.05) is 11.4 Å². The maximum Gasteiger partial charge on any atom is 0.262 e. The first-order chi connectivity index (χ1) is 10.0. The molecule has 0 aliphatic heterocycles. The number of nitrogens with zero attached hydrogens (tertiary/aromatic N) is 2. The standard InChI is InChI=1S/C17H18N2OS/c1-10(2)12-7-5-6-11(3)14(12)15-18-16-13(8-9-21-16)17(20)19(15)4/h5-10H,1-4H3. The summed E-state index contributed by atoms with van der Waals surface area (Å²) in [5.74, 6) is 1.15. The van der Waals surface area contributed by atoms with Crippen LogP contribution >= 0.6 is 11.3 Å². The zero-order chi connectivity index (χ0) is 15.1. The van der Waals surface area contributed by atoms with Gasteiger partial charge in [-0.05, 0) is 35.4 Å². The van der Waals surface area contributed by atoms with Crippen LogP contribution in [0.2, 0.25) is 0 Å². The predicted octanol–water partition coefficient (Wildman–Crippen LogP) is 4.09. The topological polar surface area (TPSA) is 34.9 Å². The molecule has 108 valence electrons. The molecule has 0 N–H and O–H groups in total. The summed E-state index contributed by atoms with van der Waals surface area (Å²) in [5.41, 5.74) is 3.49. The molecule has 0 bridgehead atoms. The van der Waals surface area contributed by atoms with Gasteiger partial charge >= 0.3 is 0 Å². The van der Waals surface area contributed by atoms with Gasteiger partial charge in [0.25, 0.3) is 5.56 Å². The largest absolute Gasteiger partial charge is 0.295 e. The Morgan fingerprint density at radius 2 is 2.00 bits per heavy atom. The van der Waals surface area contributed by atoms with Crippen molar-refractivity contribution in [2.45, 2.75) is 26.7 Å². The Kier molecular flexibility index (Phi) is 3.41. The lowest BCUT2D eigenvalue weighted by atomic mass is 9.93. The molecule has 1 aromatic carbocycles. The molecule has 0 spiro atoms. The van der Waals surface area contributed by atoms with Gasteiger partial charge in [-0.1, -0.05) is 32.0 Å². The average molecular weight is 298 g/mol. The van der Waals surface area contributed by atoms with Crippen LogP contribution in [0.4, 0.5) is 0 Å². The molecule has 2 heterocycles. The Bertz CT molecular complexity index is 874. The van der Waals surface area contributed by atoms with E-state index in [0.717, 1.165) is 21.8 Å². The lowest BCUT2D eigenvalue weighted by Gasteiger charge is -2.17. The molecule has 0 fully saturated rings. The molecule has 0 radical (unpaired) electrons. The van der Waals surface area contributed by atoms with Crippen LogP contribution < -0.4 is 5.56 Å². The number of aromatic nitrogens is 2. The minimum Gasteiger partial charge on any atom is -0.295 e. The molecule has 21 heavy (non-hydrogen) atoms. The smallest absolute Gasteiger partial charge is 0.262 e. The second-order valence-corrected chi connectivity index (χ2v) is 6.53. The maximum atomic E-state index is 12.5. The van der Waals surface area contributed by atoms with Gasteiger partial charge in [0.1, 0.15) is 10.7 Å². The van der Waals surface area contributed by atoms with Gasteiger partial charge in [0, 0.05) is 12.6 Å². The summed E-state index contributed by atoms with van der Waals surface area (Å²) >= 11 is 1.51. The average Bonchev–Trinajstić information content (AvgIpc) is 2.91. The van der Waals surface area contributed by atoms with Crippen LogP contribution in [-0.2, 0) is 7.05 Å². The lowest BCUT2D eigenvalue weighted by molar-refractivity contribution is 0.832. The molecule has 0 atom stereocenters. The highest BCUT2D eigenvalue weighted by Gasteiger charge is 2.17. The van der Waals surface area contributed by atoms with E-state index >= 15 is 0 Å². The first-order valence-corrected chi connectivity index (χ1v) is 7.92. The van der Waals surface area contributed by atoms with Crippen LogP contribution in [0, 0.1) is 6.92 Å². The van der Waals surface area contributed by atoms with Gasteiger partial charge in [-0.15, -0.1) is 11.3 Å². The molecule has 0 aliphatic carbocycles. The minimum absolute atomic E-state index is 0.0224. The van der Waals surface area contributed by atoms with Crippen LogP contribution in [0.25, 0.3) is 21.6 Å². The number of benzene rings is 1. The van der Waals surface area contributed by atoms with Gasteiger partial charge < -0.3 is 0 Å². The third-order valence-electron chi connectivity index (χ3n) is 3.86. The molecule has 0 saturated heterocycles. The van der Waals surface area contributed by atoms with E-state index in [4.69, 9.17) is 4.98 Å². The fourth-order valence-corrected chi connectivity index (χ4v) is 3.45. The molecule has 0 amide bonds. The molecule has 0 saturated carbocycles. The Morgan fingerprint density at radius 3 is 2.71 bits per heavy atom. The SMILES string of the molecule is Cc1cccc(C(C)C)c1-c1nc2sccc2c(=O)n1C. The molecule has 0 unspecified atom stereocenters. The van der Waals surface area contributed by atoms with Gasteiger partial charge in [-0.3, -0.25) is 9.36 Å². The van der Waals surface area contributed by atoms with Gasteiger partial charge in [0.15, 0.2) is 0 Å². The molecular formula is C17H18N2OS. The molecule has 3 aromatic rings. The van der Waals surface area contributed by atoms with E-state index in [1.54, 1.807) is 11.6 Å². The zero-order valence-corrected chi connectivity index (χ0v) is 13.5. The number of fused-ring (bicyclic) bond motifs is 1. The van der Waals surface area contributed by atoms with Gasteiger partial charge in [-0.25, -0.2) is 4.98 Å². The molecule has 3 rings (SSSR count). The number of hydrogen-bond donors (Lipinski definition) is 0. The van der Waals surface area contributed by atoms with E-state index in [1.165, 1.54) is 16.9 Å². The predicted molar refractivity (Wildman–Crippen MR) is 89.1 cm³/mol. The normalized spacial score (nSPS) is 11.5. The van der Waals surface area contributed by atoms with Crippen LogP contribution in [0.5, 0.6) is 0 Å². The summed E-state index contributed by atoms with van der Waals surface area (Å²) in [5, 5.41) is 2.62. The minimum atomic E-state index is 0.0224. The first-order valence-electron chi connectivity index (χ1n) is 7.04. The van der Waals surface area contributed by atoms with E-state index in [-0.39, 0.29) is 5.56 Å². The summed E-state index contributed by atoms with van der Waals surface area (Å²) < 4.78 is 1.67. The quantitative estimate of drug-likeness (QED) is 0.714. The summed E-state index contributed by atoms with van der Waals surface area (Å²) in [6.07, 6.45) is 0. The Balaban J connectivity index is 2.41. The molecule has 0 aliphatic rings. The third kappa shape index (κ3) is 2.20. The Labute approximate surface area is 127 Å². The van der Waals surface area contributed by atoms with Crippen molar-refractivity contribution in [2.75, 3.05) is 0 Å². The zero-order valence-electron chi connectivity index (χ0n) is 12.7. The number of rotatable bonds is 2. The summed E-state index contributed by atoms with van der Waals surface area (Å²) in [6, 6.07) is 8.11. The van der Waals surface area contributed by atoms with Gasteiger partial charge in [0.2, 0.25) is 0 Å². The van der Waals surface area contributed by atoms with Gasteiger partial charge in [0.05, 0.1) is 5.39 Å². The van der Waals surface area contributed by atoms with Crippen LogP contribution in [0.15, 0.2) is 34.4 Å². The number of thiophene rings is 1. The van der Waals surface area contributed by atoms with Crippen molar-refractivity contribution in [3.05, 3.63) is 51.1 Å². The highest BCUT2D eigenvalue weighted by atomic mass is 32.1. The summed E-state index contributed by atoms with van der Waals surface area (Å²) in [7, 11) is 1.80. The van der Waals surface area contributed by atoms with Crippen molar-refractivity contribution in [1.82, 2.24) is 9.55 Å². The monoisotopic (exact) mass is 298 g/mol. The van der Waals surface area contributed by atoms with Crippen LogP contribution in [0.3, 0.4) is 0 Å². The molecular weight excluding hydrogens is 280 g/mol. The maximum absolute atomic E-state index is 12.5. The summed E-state index contributed by atoms with van der Waals surface area (Å²) in [6.45, 7) is 6.41. The number of aryl methyl sites for hydroxylation is 1. The fourth-order valence-electron chi connectivity index (χ4n) is 2.70. The number of hydrogen-bond acceptors (Lipinski definition) is 3. The van der Waals surface area contributed by atoms with Crippen LogP contribution in [0.1, 0.15) is 30.9 Å². The molecule has 2 aromatic heterocycles. The first kappa shape index (κ1) is 14.0. The lowest BCUT2D eigenvalue weighted by Crippen LogP contribution is -2.20. The third-order valence-corrected chi connectivity index (χ3v) is 4.66. The Morgan fingerprint density at radius 1 is 1.24 bits per heavy atom. The Hall–Kier alpha value is -1.94. The van der Waals surface area contributed by atoms with Crippen molar-refractivity contribution in [2.24, 2.45) is 7.05 Å². The van der Waals surface area contributed by atoms with Crippen molar-refractivity contribution >= 4 is 21.6 Å². The van der Waals surface area contributed by atoms with Crippen LogP contribution in [-0.4, -0.2) is 9.55 Å². The van der Waals surface area contributed by atoms with Gasteiger partial charge in [-0.2, -0.15) is 0 Å². The highest BCUT2D eigenvalue weighted by Crippen LogP contribution is 2.31. The fraction of sp³-hybridized carbons (Fsp3) is 0.294. The second-order valence-electron chi connectivity index (χ2n) is 5.63. The van der Waals surface area contributed by atoms with E-state index in [9.17, 15) is 4.79 Å². The molecule has 4 heteroatoms. The highest BCUT2D eigenvalue weighted by molar-refractivity contribution is 7.16. The van der Waals surface area contributed by atoms with E-state index < -0.39 is 0 Å².